The van der Waals surface area contributed by atoms with Crippen LogP contribution in [-0.4, -0.2) is 40.7 Å². The molecule has 2 aliphatic heterocycles. The molecule has 3 aliphatic rings. The molecule has 1 aliphatic carbocycles. The fourth-order valence-corrected chi connectivity index (χ4v) is 4.39. The van der Waals surface area contributed by atoms with Crippen molar-refractivity contribution < 1.29 is 9.90 Å². The number of carboxylic acid groups (broad SMARTS) is 1. The van der Waals surface area contributed by atoms with Crippen LogP contribution in [-0.2, 0) is 12.8 Å². The number of carbonyl (C=O) groups is 1. The number of nitrogens with zero attached hydrogens (tertiary/aromatic N) is 2. The molecule has 1 amide bonds. The van der Waals surface area contributed by atoms with E-state index in [0.717, 1.165) is 44.2 Å². The minimum absolute atomic E-state index is 0.327. The molecular weight excluding hydrogens is 278 g/mol. The van der Waals surface area contributed by atoms with Gasteiger partial charge >= 0.3 is 6.09 Å². The molecule has 1 saturated carbocycles. The van der Waals surface area contributed by atoms with Crippen molar-refractivity contribution in [2.75, 3.05) is 25.0 Å². The van der Waals surface area contributed by atoms with Crippen LogP contribution in [0.4, 0.5) is 10.6 Å². The number of hydrogen-bond acceptors (Lipinski definition) is 3. The maximum Gasteiger partial charge on any atom is 0.407 e. The normalized spacial score (nSPS) is 22.5. The molecule has 3 heterocycles. The van der Waals surface area contributed by atoms with Crippen LogP contribution in [0.5, 0.6) is 0 Å². The zero-order valence-corrected chi connectivity index (χ0v) is 12.8. The number of rotatable bonds is 3. The van der Waals surface area contributed by atoms with E-state index in [-0.39, 0.29) is 0 Å². The highest BCUT2D eigenvalue weighted by Gasteiger charge is 2.53. The average molecular weight is 301 g/mol. The number of amides is 1. The number of anilines is 1. The van der Waals surface area contributed by atoms with E-state index in [9.17, 15) is 4.79 Å². The molecule has 0 unspecified atom stereocenters. The lowest BCUT2D eigenvalue weighted by molar-refractivity contribution is -0.0815. The molecular formula is C17H23N3O2. The molecule has 118 valence electrons. The molecule has 0 aromatic carbocycles. The van der Waals surface area contributed by atoms with Crippen molar-refractivity contribution in [1.29, 1.82) is 0 Å². The Morgan fingerprint density at radius 1 is 1.41 bits per heavy atom. The predicted octanol–water partition coefficient (Wildman–Crippen LogP) is 2.76. The topological polar surface area (TPSA) is 65.5 Å². The first-order valence-corrected chi connectivity index (χ1v) is 8.34. The molecule has 1 saturated heterocycles. The maximum absolute atomic E-state index is 10.8. The predicted molar refractivity (Wildman–Crippen MR) is 84.1 cm³/mol. The van der Waals surface area contributed by atoms with Gasteiger partial charge in [-0.15, -0.1) is 0 Å². The number of fused-ring (bicyclic) bond motifs is 1. The highest BCUT2D eigenvalue weighted by molar-refractivity contribution is 5.66. The van der Waals surface area contributed by atoms with Gasteiger partial charge in [-0.3, -0.25) is 0 Å². The third-order valence-corrected chi connectivity index (χ3v) is 5.53. The lowest BCUT2D eigenvalue weighted by Gasteiger charge is -2.58. The SMILES string of the molecule is O=C(O)N1CC2(CC(CCc3ccc4c(n3)NCCC4)C2)C1. The standard InChI is InChI=1S/C17H23N3O2/c21-16(22)20-10-17(11-20)8-12(9-17)3-5-14-6-4-13-2-1-7-18-15(13)19-14/h4,6,12H,1-3,5,7-11H2,(H,18,19)(H,21,22). The van der Waals surface area contributed by atoms with Crippen molar-refractivity contribution in [3.05, 3.63) is 23.4 Å². The van der Waals surface area contributed by atoms with Crippen LogP contribution < -0.4 is 5.32 Å². The monoisotopic (exact) mass is 301 g/mol. The Balaban J connectivity index is 1.26. The zero-order chi connectivity index (χ0) is 15.2. The molecule has 1 aromatic heterocycles. The summed E-state index contributed by atoms with van der Waals surface area (Å²) >= 11 is 0. The Morgan fingerprint density at radius 2 is 2.23 bits per heavy atom. The van der Waals surface area contributed by atoms with E-state index in [1.807, 2.05) is 0 Å². The summed E-state index contributed by atoms with van der Waals surface area (Å²) in [6.07, 6.45) is 6.19. The van der Waals surface area contributed by atoms with Crippen molar-refractivity contribution in [3.63, 3.8) is 0 Å². The number of pyridine rings is 1. The van der Waals surface area contributed by atoms with Gasteiger partial charge in [-0.2, -0.15) is 0 Å². The molecule has 4 rings (SSSR count). The van der Waals surface area contributed by atoms with Crippen LogP contribution in [0.1, 0.15) is 36.9 Å². The summed E-state index contributed by atoms with van der Waals surface area (Å²) in [5.74, 6) is 1.84. The molecule has 5 nitrogen and oxygen atoms in total. The summed E-state index contributed by atoms with van der Waals surface area (Å²) in [5.41, 5.74) is 2.86. The van der Waals surface area contributed by atoms with E-state index in [2.05, 4.69) is 17.4 Å². The number of aryl methyl sites for hydroxylation is 2. The van der Waals surface area contributed by atoms with Crippen LogP contribution in [0.3, 0.4) is 0 Å². The first-order chi connectivity index (χ1) is 10.6. The average Bonchev–Trinajstić information content (AvgIpc) is 2.43. The first-order valence-electron chi connectivity index (χ1n) is 8.34. The molecule has 2 N–H and O–H groups in total. The molecule has 0 atom stereocenters. The van der Waals surface area contributed by atoms with Crippen LogP contribution in [0, 0.1) is 11.3 Å². The van der Waals surface area contributed by atoms with Gasteiger partial charge in [0.05, 0.1) is 0 Å². The lowest BCUT2D eigenvalue weighted by Crippen LogP contribution is -2.63. The van der Waals surface area contributed by atoms with Crippen molar-refractivity contribution in [2.24, 2.45) is 11.3 Å². The van der Waals surface area contributed by atoms with Crippen LogP contribution in [0.2, 0.25) is 0 Å². The third-order valence-electron chi connectivity index (χ3n) is 5.53. The van der Waals surface area contributed by atoms with E-state index in [1.54, 1.807) is 0 Å². The minimum Gasteiger partial charge on any atom is -0.465 e. The van der Waals surface area contributed by atoms with Crippen molar-refractivity contribution in [1.82, 2.24) is 9.88 Å². The molecule has 0 bridgehead atoms. The summed E-state index contributed by atoms with van der Waals surface area (Å²) in [6.45, 7) is 2.54. The van der Waals surface area contributed by atoms with Crippen molar-refractivity contribution >= 4 is 11.9 Å². The van der Waals surface area contributed by atoms with Crippen molar-refractivity contribution in [3.8, 4) is 0 Å². The third kappa shape index (κ3) is 2.42. The first kappa shape index (κ1) is 13.9. The number of likely N-dealkylation sites (tertiary alicyclic amines) is 1. The van der Waals surface area contributed by atoms with Crippen LogP contribution in [0.15, 0.2) is 12.1 Å². The van der Waals surface area contributed by atoms with Gasteiger partial charge in [0.25, 0.3) is 0 Å². The number of hydrogen-bond donors (Lipinski definition) is 2. The number of nitrogens with one attached hydrogen (secondary N) is 1. The Hall–Kier alpha value is -1.78. The van der Waals surface area contributed by atoms with Gasteiger partial charge in [0, 0.05) is 30.7 Å². The van der Waals surface area contributed by atoms with Gasteiger partial charge in [-0.05, 0) is 56.1 Å². The minimum atomic E-state index is -0.764. The van der Waals surface area contributed by atoms with Crippen LogP contribution in [0.25, 0.3) is 0 Å². The Kier molecular flexibility index (Phi) is 3.24. The lowest BCUT2D eigenvalue weighted by atomic mass is 9.57. The molecule has 2 fully saturated rings. The quantitative estimate of drug-likeness (QED) is 0.901. The van der Waals surface area contributed by atoms with Gasteiger partial charge in [0.2, 0.25) is 0 Å². The van der Waals surface area contributed by atoms with E-state index in [0.29, 0.717) is 5.41 Å². The van der Waals surface area contributed by atoms with Gasteiger partial charge in [-0.25, -0.2) is 9.78 Å². The molecule has 0 radical (unpaired) electrons. The molecule has 1 spiro atoms. The fraction of sp³-hybridized carbons (Fsp3) is 0.647. The highest BCUT2D eigenvalue weighted by atomic mass is 16.4. The van der Waals surface area contributed by atoms with E-state index < -0.39 is 6.09 Å². The van der Waals surface area contributed by atoms with Gasteiger partial charge in [0.15, 0.2) is 0 Å². The second-order valence-electron chi connectivity index (χ2n) is 7.29. The summed E-state index contributed by atoms with van der Waals surface area (Å²) in [4.78, 5) is 17.1. The highest BCUT2D eigenvalue weighted by Crippen LogP contribution is 2.53. The number of aromatic nitrogens is 1. The van der Waals surface area contributed by atoms with Gasteiger partial charge in [0.1, 0.15) is 5.82 Å². The van der Waals surface area contributed by atoms with Gasteiger partial charge < -0.3 is 15.3 Å². The Labute approximate surface area is 130 Å². The largest absolute Gasteiger partial charge is 0.465 e. The molecule has 22 heavy (non-hydrogen) atoms. The van der Waals surface area contributed by atoms with E-state index in [1.165, 1.54) is 41.8 Å². The Morgan fingerprint density at radius 3 is 3.00 bits per heavy atom. The summed E-state index contributed by atoms with van der Waals surface area (Å²) in [6, 6.07) is 4.40. The summed E-state index contributed by atoms with van der Waals surface area (Å²) in [7, 11) is 0. The molecule has 1 aromatic rings. The second-order valence-corrected chi connectivity index (χ2v) is 7.29. The Bertz CT molecular complexity index is 588. The smallest absolute Gasteiger partial charge is 0.407 e. The van der Waals surface area contributed by atoms with E-state index in [4.69, 9.17) is 10.1 Å². The maximum atomic E-state index is 10.8. The van der Waals surface area contributed by atoms with Gasteiger partial charge in [-0.1, -0.05) is 6.07 Å². The zero-order valence-electron chi connectivity index (χ0n) is 12.8. The van der Waals surface area contributed by atoms with E-state index >= 15 is 0 Å². The van der Waals surface area contributed by atoms with Crippen molar-refractivity contribution in [2.45, 2.75) is 38.5 Å². The summed E-state index contributed by atoms with van der Waals surface area (Å²) < 4.78 is 0. The molecule has 5 heteroatoms. The fourth-order valence-electron chi connectivity index (χ4n) is 4.39. The summed E-state index contributed by atoms with van der Waals surface area (Å²) in [5, 5.41) is 12.3. The van der Waals surface area contributed by atoms with Crippen LogP contribution >= 0.6 is 0 Å². The second kappa shape index (κ2) is 5.14.